The molecule has 3 aromatic rings. The topological polar surface area (TPSA) is 69.6 Å². The minimum absolute atomic E-state index is 0.272. The number of nitrogens with two attached hydrogens (primary N) is 1. The van der Waals surface area contributed by atoms with Crippen molar-refractivity contribution >= 4 is 28.2 Å². The number of nitrogens with zero attached hydrogens (tertiary/aromatic N) is 4. The van der Waals surface area contributed by atoms with E-state index in [1.165, 1.54) is 6.33 Å². The molecule has 6 heteroatoms. The molecule has 20 heavy (non-hydrogen) atoms. The first-order valence-electron chi connectivity index (χ1n) is 6.43. The maximum absolute atomic E-state index is 6.02. The molecule has 5 nitrogen and oxygen atoms in total. The second kappa shape index (κ2) is 4.28. The number of thiazole rings is 1. The molecule has 0 fully saturated rings. The zero-order chi connectivity index (χ0) is 14.5. The van der Waals surface area contributed by atoms with Crippen molar-refractivity contribution in [1.29, 1.82) is 0 Å². The van der Waals surface area contributed by atoms with Crippen LogP contribution in [-0.4, -0.2) is 19.5 Å². The molecule has 3 heterocycles. The Kier molecular flexibility index (Phi) is 2.79. The Hall–Kier alpha value is -1.95. The predicted molar refractivity (Wildman–Crippen MR) is 82.0 cm³/mol. The molecule has 0 saturated carbocycles. The summed E-state index contributed by atoms with van der Waals surface area (Å²) in [7, 11) is 0. The molecular formula is C14H17N5S. The third-order valence-corrected chi connectivity index (χ3v) is 4.92. The van der Waals surface area contributed by atoms with Crippen LogP contribution in [0.4, 0.5) is 5.82 Å². The fourth-order valence-electron chi connectivity index (χ4n) is 2.73. The molecule has 0 saturated heterocycles. The number of hydrogen-bond donors (Lipinski definition) is 1. The molecule has 0 amide bonds. The lowest BCUT2D eigenvalue weighted by Crippen LogP contribution is -2.28. The first-order valence-corrected chi connectivity index (χ1v) is 7.31. The number of aromatic nitrogens is 4. The number of nitrogen functional groups attached to an aromatic ring is 1. The van der Waals surface area contributed by atoms with Crippen molar-refractivity contribution in [3.8, 4) is 0 Å². The predicted octanol–water partition coefficient (Wildman–Crippen LogP) is 2.87. The van der Waals surface area contributed by atoms with E-state index in [2.05, 4.69) is 47.2 Å². The van der Waals surface area contributed by atoms with Crippen LogP contribution in [0.1, 0.15) is 30.1 Å². The van der Waals surface area contributed by atoms with Gasteiger partial charge in [-0.15, -0.1) is 11.3 Å². The van der Waals surface area contributed by atoms with Gasteiger partial charge in [-0.1, -0.05) is 0 Å². The summed E-state index contributed by atoms with van der Waals surface area (Å²) in [6.07, 6.45) is 3.35. The van der Waals surface area contributed by atoms with Crippen LogP contribution in [0.2, 0.25) is 0 Å². The van der Waals surface area contributed by atoms with Crippen LogP contribution in [0.15, 0.2) is 17.9 Å². The van der Waals surface area contributed by atoms with Crippen LogP contribution < -0.4 is 5.73 Å². The van der Waals surface area contributed by atoms with Gasteiger partial charge >= 0.3 is 0 Å². The van der Waals surface area contributed by atoms with Gasteiger partial charge in [0.2, 0.25) is 0 Å². The van der Waals surface area contributed by atoms with Gasteiger partial charge in [-0.05, 0) is 33.3 Å². The van der Waals surface area contributed by atoms with Crippen molar-refractivity contribution in [2.45, 2.75) is 33.2 Å². The standard InChI is InChI=1S/C14H17N5S/c1-8-9(2)19(12-10(8)11(15)17-7-18-12)14(3,4)13-16-5-6-20-13/h5-7H,1-4H3,(H2,15,17,18). The first kappa shape index (κ1) is 13.1. The molecule has 3 aromatic heterocycles. The van der Waals surface area contributed by atoms with Crippen molar-refractivity contribution in [1.82, 2.24) is 19.5 Å². The Morgan fingerprint density at radius 3 is 2.60 bits per heavy atom. The zero-order valence-corrected chi connectivity index (χ0v) is 12.8. The van der Waals surface area contributed by atoms with Gasteiger partial charge < -0.3 is 10.3 Å². The summed E-state index contributed by atoms with van der Waals surface area (Å²) in [6.45, 7) is 8.45. The molecule has 0 aliphatic rings. The minimum Gasteiger partial charge on any atom is -0.383 e. The molecule has 0 aliphatic carbocycles. The lowest BCUT2D eigenvalue weighted by Gasteiger charge is -2.27. The number of anilines is 1. The van der Waals surface area contributed by atoms with E-state index in [4.69, 9.17) is 5.73 Å². The van der Waals surface area contributed by atoms with Gasteiger partial charge in [-0.3, -0.25) is 0 Å². The summed E-state index contributed by atoms with van der Waals surface area (Å²) in [6, 6.07) is 0. The van der Waals surface area contributed by atoms with Crippen LogP contribution >= 0.6 is 11.3 Å². The molecule has 3 rings (SSSR count). The van der Waals surface area contributed by atoms with E-state index in [1.807, 2.05) is 11.6 Å². The normalized spacial score (nSPS) is 12.2. The molecule has 0 spiro atoms. The van der Waals surface area contributed by atoms with Gasteiger partial charge in [0.25, 0.3) is 0 Å². The third kappa shape index (κ3) is 1.64. The largest absolute Gasteiger partial charge is 0.383 e. The highest BCUT2D eigenvalue weighted by atomic mass is 32.1. The lowest BCUT2D eigenvalue weighted by molar-refractivity contribution is 0.437. The summed E-state index contributed by atoms with van der Waals surface area (Å²) in [5, 5.41) is 3.98. The molecule has 0 aromatic carbocycles. The van der Waals surface area contributed by atoms with Gasteiger partial charge in [0.05, 0.1) is 10.9 Å². The average Bonchev–Trinajstić information content (AvgIpc) is 2.99. The maximum Gasteiger partial charge on any atom is 0.146 e. The Balaban J connectivity index is 2.38. The molecular weight excluding hydrogens is 270 g/mol. The fourth-order valence-corrected chi connectivity index (χ4v) is 3.48. The van der Waals surface area contributed by atoms with Crippen LogP contribution in [0.3, 0.4) is 0 Å². The molecule has 104 valence electrons. The summed E-state index contributed by atoms with van der Waals surface area (Å²) in [5.41, 5.74) is 8.89. The Morgan fingerprint density at radius 1 is 1.20 bits per heavy atom. The molecule has 2 N–H and O–H groups in total. The molecule has 0 bridgehead atoms. The third-order valence-electron chi connectivity index (χ3n) is 3.84. The SMILES string of the molecule is Cc1c(C)n(C(C)(C)c2nccs2)c2ncnc(N)c12. The second-order valence-electron chi connectivity index (χ2n) is 5.40. The van der Waals surface area contributed by atoms with Crippen molar-refractivity contribution in [2.24, 2.45) is 0 Å². The quantitative estimate of drug-likeness (QED) is 0.787. The highest BCUT2D eigenvalue weighted by molar-refractivity contribution is 7.09. The van der Waals surface area contributed by atoms with Crippen molar-refractivity contribution in [2.75, 3.05) is 5.73 Å². The molecule has 0 aliphatic heterocycles. The van der Waals surface area contributed by atoms with Crippen LogP contribution in [0, 0.1) is 13.8 Å². The van der Waals surface area contributed by atoms with E-state index >= 15 is 0 Å². The van der Waals surface area contributed by atoms with Crippen molar-refractivity contribution in [3.05, 3.63) is 34.2 Å². The highest BCUT2D eigenvalue weighted by Gasteiger charge is 2.30. The minimum atomic E-state index is -0.272. The van der Waals surface area contributed by atoms with Gasteiger partial charge in [0.15, 0.2) is 0 Å². The summed E-state index contributed by atoms with van der Waals surface area (Å²) in [4.78, 5) is 13.0. The Bertz CT molecular complexity index is 771. The van der Waals surface area contributed by atoms with Gasteiger partial charge in [0, 0.05) is 17.3 Å². The van der Waals surface area contributed by atoms with Crippen molar-refractivity contribution in [3.63, 3.8) is 0 Å². The smallest absolute Gasteiger partial charge is 0.146 e. The summed E-state index contributed by atoms with van der Waals surface area (Å²) >= 11 is 1.65. The van der Waals surface area contributed by atoms with Crippen LogP contribution in [0.5, 0.6) is 0 Å². The Morgan fingerprint density at radius 2 is 1.95 bits per heavy atom. The average molecular weight is 287 g/mol. The summed E-state index contributed by atoms with van der Waals surface area (Å²) < 4.78 is 2.20. The van der Waals surface area contributed by atoms with E-state index < -0.39 is 0 Å². The van der Waals surface area contributed by atoms with E-state index in [0.29, 0.717) is 5.82 Å². The second-order valence-corrected chi connectivity index (χ2v) is 6.29. The lowest BCUT2D eigenvalue weighted by atomic mass is 10.1. The van der Waals surface area contributed by atoms with Gasteiger partial charge in [0.1, 0.15) is 22.8 Å². The molecule has 0 radical (unpaired) electrons. The highest BCUT2D eigenvalue weighted by Crippen LogP contribution is 2.36. The number of fused-ring (bicyclic) bond motifs is 1. The van der Waals surface area contributed by atoms with E-state index in [-0.39, 0.29) is 5.54 Å². The van der Waals surface area contributed by atoms with Gasteiger partial charge in [-0.25, -0.2) is 15.0 Å². The van der Waals surface area contributed by atoms with Crippen molar-refractivity contribution < 1.29 is 0 Å². The zero-order valence-electron chi connectivity index (χ0n) is 12.0. The molecule has 0 unspecified atom stereocenters. The number of hydrogen-bond acceptors (Lipinski definition) is 5. The van der Waals surface area contributed by atoms with E-state index in [0.717, 1.165) is 27.3 Å². The summed E-state index contributed by atoms with van der Waals surface area (Å²) in [5.74, 6) is 0.532. The maximum atomic E-state index is 6.02. The van der Waals surface area contributed by atoms with E-state index in [1.54, 1.807) is 11.3 Å². The van der Waals surface area contributed by atoms with Crippen LogP contribution in [-0.2, 0) is 5.54 Å². The fraction of sp³-hybridized carbons (Fsp3) is 0.357. The Labute approximate surface area is 121 Å². The van der Waals surface area contributed by atoms with Gasteiger partial charge in [-0.2, -0.15) is 0 Å². The molecule has 0 atom stereocenters. The first-order chi connectivity index (χ1) is 9.44. The van der Waals surface area contributed by atoms with E-state index in [9.17, 15) is 0 Å². The number of aryl methyl sites for hydroxylation is 1. The number of rotatable bonds is 2. The monoisotopic (exact) mass is 287 g/mol. The van der Waals surface area contributed by atoms with Crippen LogP contribution in [0.25, 0.3) is 11.0 Å².